The van der Waals surface area contributed by atoms with Crippen LogP contribution in [0.4, 0.5) is 0 Å². The molecule has 0 unspecified atom stereocenters. The molecule has 0 saturated carbocycles. The highest BCUT2D eigenvalue weighted by molar-refractivity contribution is 6.03. The van der Waals surface area contributed by atoms with Gasteiger partial charge in [0, 0.05) is 0 Å². The van der Waals surface area contributed by atoms with Gasteiger partial charge in [0.15, 0.2) is 0 Å². The summed E-state index contributed by atoms with van der Waals surface area (Å²) in [6.07, 6.45) is 4.10. The van der Waals surface area contributed by atoms with E-state index in [1.54, 1.807) is 0 Å². The second-order valence-electron chi connectivity index (χ2n) is 9.10. The Labute approximate surface area is 211 Å². The van der Waals surface area contributed by atoms with Gasteiger partial charge in [-0.25, -0.2) is 0 Å². The van der Waals surface area contributed by atoms with E-state index in [4.69, 9.17) is 9.47 Å². The van der Waals surface area contributed by atoms with Crippen LogP contribution < -0.4 is 0 Å². The van der Waals surface area contributed by atoms with Gasteiger partial charge < -0.3 is 9.47 Å². The third-order valence-electron chi connectivity index (χ3n) is 6.85. The van der Waals surface area contributed by atoms with E-state index in [0.29, 0.717) is 26.4 Å². The third kappa shape index (κ3) is 4.49. The fourth-order valence-electron chi connectivity index (χ4n) is 5.12. The van der Waals surface area contributed by atoms with E-state index >= 15 is 0 Å². The summed E-state index contributed by atoms with van der Waals surface area (Å²) in [6.45, 7) is 2.26. The van der Waals surface area contributed by atoms with Crippen LogP contribution in [0.15, 0.2) is 121 Å². The maximum absolute atomic E-state index is 6.07. The standard InChI is InChI=1S/C34H28O2/c1-5-15-29-25(11-1)21-26-12-2-6-16-30(26)33(29)23-35-19-9-10-20-36-24-34-31-17-7-3-13-27(31)22-28-14-4-8-18-32(28)34/h1-18,21-22H,19-20,23-24H2/b10-9+. The van der Waals surface area contributed by atoms with Crippen molar-refractivity contribution in [3.8, 4) is 0 Å². The van der Waals surface area contributed by atoms with Crippen molar-refractivity contribution < 1.29 is 9.47 Å². The molecule has 0 atom stereocenters. The quantitative estimate of drug-likeness (QED) is 0.126. The molecule has 0 radical (unpaired) electrons. The topological polar surface area (TPSA) is 18.5 Å². The minimum absolute atomic E-state index is 0.554. The van der Waals surface area contributed by atoms with Crippen LogP contribution in [0.2, 0.25) is 0 Å². The first kappa shape index (κ1) is 22.5. The molecule has 2 nitrogen and oxygen atoms in total. The van der Waals surface area contributed by atoms with E-state index in [-0.39, 0.29) is 0 Å². The zero-order valence-electron chi connectivity index (χ0n) is 20.2. The normalized spacial score (nSPS) is 11.9. The molecule has 0 spiro atoms. The highest BCUT2D eigenvalue weighted by Crippen LogP contribution is 2.30. The van der Waals surface area contributed by atoms with Gasteiger partial charge in [0.2, 0.25) is 0 Å². The Hall–Kier alpha value is -3.98. The summed E-state index contributed by atoms with van der Waals surface area (Å²) in [4.78, 5) is 0. The molecule has 0 aromatic heterocycles. The van der Waals surface area contributed by atoms with Crippen molar-refractivity contribution in [1.29, 1.82) is 0 Å². The predicted octanol–water partition coefficient (Wildman–Crippen LogP) is 8.59. The Bertz CT molecular complexity index is 1460. The number of fused-ring (bicyclic) bond motifs is 4. The van der Waals surface area contributed by atoms with Crippen molar-refractivity contribution in [2.75, 3.05) is 13.2 Å². The second-order valence-corrected chi connectivity index (χ2v) is 9.10. The average molecular weight is 469 g/mol. The number of hydrogen-bond acceptors (Lipinski definition) is 2. The van der Waals surface area contributed by atoms with Gasteiger partial charge in [-0.05, 0) is 66.3 Å². The number of benzene rings is 6. The molecular formula is C34H28O2. The van der Waals surface area contributed by atoms with Crippen molar-refractivity contribution in [2.24, 2.45) is 0 Å². The first-order valence-electron chi connectivity index (χ1n) is 12.5. The molecule has 0 amide bonds. The molecule has 0 aliphatic heterocycles. The van der Waals surface area contributed by atoms with Gasteiger partial charge in [0.05, 0.1) is 26.4 Å². The van der Waals surface area contributed by atoms with Crippen LogP contribution >= 0.6 is 0 Å². The van der Waals surface area contributed by atoms with E-state index in [9.17, 15) is 0 Å². The number of hydrogen-bond donors (Lipinski definition) is 0. The van der Waals surface area contributed by atoms with Gasteiger partial charge in [-0.2, -0.15) is 0 Å². The summed E-state index contributed by atoms with van der Waals surface area (Å²) >= 11 is 0. The van der Waals surface area contributed by atoms with Crippen molar-refractivity contribution in [1.82, 2.24) is 0 Å². The molecule has 0 aliphatic carbocycles. The maximum Gasteiger partial charge on any atom is 0.0733 e. The van der Waals surface area contributed by atoms with Gasteiger partial charge in [0.25, 0.3) is 0 Å². The molecular weight excluding hydrogens is 440 g/mol. The molecule has 0 heterocycles. The summed E-state index contributed by atoms with van der Waals surface area (Å²) in [6, 6.07) is 38.6. The lowest BCUT2D eigenvalue weighted by Crippen LogP contribution is -1.98. The molecule has 0 bridgehead atoms. The smallest absolute Gasteiger partial charge is 0.0733 e. The number of ether oxygens (including phenoxy) is 2. The Kier molecular flexibility index (Phi) is 6.45. The summed E-state index contributed by atoms with van der Waals surface area (Å²) in [5.74, 6) is 0. The van der Waals surface area contributed by atoms with E-state index in [1.807, 2.05) is 0 Å². The van der Waals surface area contributed by atoms with Gasteiger partial charge in [-0.3, -0.25) is 0 Å². The molecule has 0 aliphatic rings. The summed E-state index contributed by atoms with van der Waals surface area (Å²) in [7, 11) is 0. The summed E-state index contributed by atoms with van der Waals surface area (Å²) < 4.78 is 12.1. The van der Waals surface area contributed by atoms with Gasteiger partial charge in [-0.1, -0.05) is 109 Å². The van der Waals surface area contributed by atoms with Gasteiger partial charge in [-0.15, -0.1) is 0 Å². The van der Waals surface area contributed by atoms with Gasteiger partial charge >= 0.3 is 0 Å². The van der Waals surface area contributed by atoms with E-state index in [1.165, 1.54) is 54.2 Å². The predicted molar refractivity (Wildman–Crippen MR) is 151 cm³/mol. The lowest BCUT2D eigenvalue weighted by Gasteiger charge is -2.12. The van der Waals surface area contributed by atoms with E-state index < -0.39 is 0 Å². The molecule has 2 heteroatoms. The molecule has 6 rings (SSSR count). The maximum atomic E-state index is 6.07. The van der Waals surface area contributed by atoms with E-state index in [2.05, 4.69) is 121 Å². The Balaban J connectivity index is 1.09. The van der Waals surface area contributed by atoms with Crippen molar-refractivity contribution in [2.45, 2.75) is 13.2 Å². The molecule has 6 aromatic carbocycles. The van der Waals surface area contributed by atoms with Crippen molar-refractivity contribution >= 4 is 43.1 Å². The number of rotatable bonds is 8. The zero-order valence-corrected chi connectivity index (χ0v) is 20.2. The fraction of sp³-hybridized carbons (Fsp3) is 0.118. The van der Waals surface area contributed by atoms with Crippen LogP contribution in [0.5, 0.6) is 0 Å². The zero-order chi connectivity index (χ0) is 24.2. The molecule has 0 fully saturated rings. The Morgan fingerprint density at radius 1 is 0.417 bits per heavy atom. The highest BCUT2D eigenvalue weighted by Gasteiger charge is 2.08. The third-order valence-corrected chi connectivity index (χ3v) is 6.85. The van der Waals surface area contributed by atoms with Crippen LogP contribution in [0.1, 0.15) is 11.1 Å². The van der Waals surface area contributed by atoms with Crippen molar-refractivity contribution in [3.63, 3.8) is 0 Å². The lowest BCUT2D eigenvalue weighted by atomic mass is 9.97. The van der Waals surface area contributed by atoms with Crippen LogP contribution in [-0.4, -0.2) is 13.2 Å². The van der Waals surface area contributed by atoms with Gasteiger partial charge in [0.1, 0.15) is 0 Å². The molecule has 0 N–H and O–H groups in total. The fourth-order valence-corrected chi connectivity index (χ4v) is 5.12. The highest BCUT2D eigenvalue weighted by atomic mass is 16.5. The molecule has 6 aromatic rings. The molecule has 0 saturated heterocycles. The Morgan fingerprint density at radius 3 is 1.06 bits per heavy atom. The molecule has 176 valence electrons. The minimum atomic E-state index is 0.554. The first-order chi connectivity index (χ1) is 17.9. The Morgan fingerprint density at radius 2 is 0.722 bits per heavy atom. The second kappa shape index (κ2) is 10.3. The molecule has 36 heavy (non-hydrogen) atoms. The van der Waals surface area contributed by atoms with Crippen molar-refractivity contribution in [3.05, 3.63) is 132 Å². The summed E-state index contributed by atoms with van der Waals surface area (Å²) in [5, 5.41) is 10.0. The first-order valence-corrected chi connectivity index (χ1v) is 12.5. The van der Waals surface area contributed by atoms with Crippen LogP contribution in [-0.2, 0) is 22.7 Å². The lowest BCUT2D eigenvalue weighted by molar-refractivity contribution is 0.142. The van der Waals surface area contributed by atoms with E-state index in [0.717, 1.165) is 0 Å². The SMILES string of the molecule is C(=C\COCc1c2ccccc2cc2ccccc12)/COCc1c2ccccc2cc2ccccc12. The summed E-state index contributed by atoms with van der Waals surface area (Å²) in [5.41, 5.74) is 2.49. The van der Waals surface area contributed by atoms with Crippen LogP contribution in [0, 0.1) is 0 Å². The average Bonchev–Trinajstić information content (AvgIpc) is 2.93. The van der Waals surface area contributed by atoms with Crippen LogP contribution in [0.25, 0.3) is 43.1 Å². The minimum Gasteiger partial charge on any atom is -0.373 e. The monoisotopic (exact) mass is 468 g/mol. The van der Waals surface area contributed by atoms with Crippen LogP contribution in [0.3, 0.4) is 0 Å². The largest absolute Gasteiger partial charge is 0.373 e.